The van der Waals surface area contributed by atoms with Gasteiger partial charge in [0.25, 0.3) is 0 Å². The maximum Gasteiger partial charge on any atom is 0.376 e. The van der Waals surface area contributed by atoms with Crippen LogP contribution in [0.25, 0.3) is 11.3 Å². The maximum absolute atomic E-state index is 12.6. The second-order valence-corrected chi connectivity index (χ2v) is 6.57. The predicted octanol–water partition coefficient (Wildman–Crippen LogP) is 0.367. The average Bonchev–Trinajstić information content (AvgIpc) is 3.21. The third-order valence-corrected chi connectivity index (χ3v) is 4.93. The highest BCUT2D eigenvalue weighted by Gasteiger charge is 2.30. The fourth-order valence-electron chi connectivity index (χ4n) is 3.48. The quantitative estimate of drug-likeness (QED) is 0.358. The van der Waals surface area contributed by atoms with Gasteiger partial charge in [-0.3, -0.25) is 19.3 Å². The average molecular weight is 393 g/mol. The lowest BCUT2D eigenvalue weighted by Crippen LogP contribution is -2.47. The van der Waals surface area contributed by atoms with Crippen LogP contribution < -0.4 is 15.4 Å². The van der Waals surface area contributed by atoms with Crippen molar-refractivity contribution in [3.63, 3.8) is 0 Å². The fourth-order valence-corrected chi connectivity index (χ4v) is 3.48. The topological polar surface area (TPSA) is 127 Å². The van der Waals surface area contributed by atoms with Gasteiger partial charge in [0.15, 0.2) is 5.65 Å². The van der Waals surface area contributed by atoms with Crippen molar-refractivity contribution in [2.24, 2.45) is 0 Å². The molecule has 1 fully saturated rings. The molecular weight excluding hydrogens is 378 g/mol. The van der Waals surface area contributed by atoms with Crippen LogP contribution in [0.3, 0.4) is 0 Å². The largest absolute Gasteiger partial charge is 0.376 e. The smallest absolute Gasteiger partial charge is 0.352 e. The number of nitro groups is 1. The molecule has 1 aliphatic heterocycles. The van der Waals surface area contributed by atoms with Crippen LogP contribution in [0.15, 0.2) is 47.7 Å². The van der Waals surface area contributed by atoms with E-state index in [0.717, 1.165) is 5.82 Å². The number of hydrogen-bond donors (Lipinski definition) is 0. The molecule has 12 heteroatoms. The van der Waals surface area contributed by atoms with Gasteiger partial charge in [-0.15, -0.1) is 15.3 Å². The Balaban J connectivity index is 1.45. The summed E-state index contributed by atoms with van der Waals surface area (Å²) in [6.45, 7) is 2.09. The van der Waals surface area contributed by atoms with E-state index in [1.54, 1.807) is 27.6 Å². The lowest BCUT2D eigenvalue weighted by atomic mass is 10.3. The van der Waals surface area contributed by atoms with E-state index in [1.165, 1.54) is 16.9 Å². The van der Waals surface area contributed by atoms with Gasteiger partial charge >= 0.3 is 11.2 Å². The van der Waals surface area contributed by atoms with E-state index in [4.69, 9.17) is 0 Å². The van der Waals surface area contributed by atoms with Crippen molar-refractivity contribution < 1.29 is 4.92 Å². The molecule has 0 radical (unpaired) electrons. The number of pyridine rings is 1. The summed E-state index contributed by atoms with van der Waals surface area (Å²) >= 11 is 0. The standard InChI is InChI=1S/C17H15N9O3/c27-17-15(26(28)29)16(19-12-3-1-2-6-24(12)17)23-9-7-22(8-10-23)14-5-4-13-20-18-11-25(13)21-14/h1-6,11H,7-10H2. The van der Waals surface area contributed by atoms with Gasteiger partial charge < -0.3 is 9.80 Å². The second-order valence-electron chi connectivity index (χ2n) is 6.57. The van der Waals surface area contributed by atoms with Crippen molar-refractivity contribution >= 4 is 28.6 Å². The molecule has 1 aliphatic rings. The van der Waals surface area contributed by atoms with Gasteiger partial charge in [-0.2, -0.15) is 4.52 Å². The Morgan fingerprint density at radius 2 is 1.79 bits per heavy atom. The monoisotopic (exact) mass is 393 g/mol. The Labute approximate surface area is 162 Å². The molecule has 0 N–H and O–H groups in total. The molecule has 5 heterocycles. The normalized spacial score (nSPS) is 14.6. The molecule has 0 unspecified atom stereocenters. The molecule has 0 aromatic carbocycles. The van der Waals surface area contributed by atoms with Crippen molar-refractivity contribution in [3.05, 3.63) is 63.3 Å². The minimum Gasteiger partial charge on any atom is -0.352 e. The summed E-state index contributed by atoms with van der Waals surface area (Å²) in [5.41, 5.74) is -0.159. The first-order valence-corrected chi connectivity index (χ1v) is 8.94. The number of nitrogens with zero attached hydrogens (tertiary/aromatic N) is 9. The van der Waals surface area contributed by atoms with Crippen LogP contribution in [0, 0.1) is 10.1 Å². The molecule has 0 aliphatic carbocycles. The first kappa shape index (κ1) is 17.0. The molecular formula is C17H15N9O3. The molecule has 0 spiro atoms. The van der Waals surface area contributed by atoms with Crippen molar-refractivity contribution in [1.82, 2.24) is 29.2 Å². The molecule has 146 valence electrons. The van der Waals surface area contributed by atoms with Gasteiger partial charge in [-0.25, -0.2) is 4.98 Å². The Morgan fingerprint density at radius 3 is 2.59 bits per heavy atom. The second kappa shape index (κ2) is 6.51. The maximum atomic E-state index is 12.6. The molecule has 5 rings (SSSR count). The predicted molar refractivity (Wildman–Crippen MR) is 103 cm³/mol. The summed E-state index contributed by atoms with van der Waals surface area (Å²) in [7, 11) is 0. The van der Waals surface area contributed by atoms with Crippen LogP contribution in [0.4, 0.5) is 17.3 Å². The van der Waals surface area contributed by atoms with Gasteiger partial charge in [0.05, 0.1) is 4.92 Å². The van der Waals surface area contributed by atoms with E-state index in [-0.39, 0.29) is 5.82 Å². The van der Waals surface area contributed by atoms with Gasteiger partial charge in [0.2, 0.25) is 5.82 Å². The summed E-state index contributed by atoms with van der Waals surface area (Å²) in [6, 6.07) is 8.73. The van der Waals surface area contributed by atoms with Crippen molar-refractivity contribution in [2.45, 2.75) is 0 Å². The number of anilines is 2. The summed E-state index contributed by atoms with van der Waals surface area (Å²) in [4.78, 5) is 31.8. The van der Waals surface area contributed by atoms with Crippen LogP contribution in [0.1, 0.15) is 0 Å². The van der Waals surface area contributed by atoms with Crippen LogP contribution in [0.2, 0.25) is 0 Å². The molecule has 29 heavy (non-hydrogen) atoms. The van der Waals surface area contributed by atoms with Crippen LogP contribution in [0.5, 0.6) is 0 Å². The van der Waals surface area contributed by atoms with E-state index in [0.29, 0.717) is 37.5 Å². The third kappa shape index (κ3) is 2.81. The molecule has 0 bridgehead atoms. The van der Waals surface area contributed by atoms with Crippen LogP contribution in [-0.2, 0) is 0 Å². The summed E-state index contributed by atoms with van der Waals surface area (Å²) < 4.78 is 2.79. The van der Waals surface area contributed by atoms with E-state index in [2.05, 4.69) is 25.2 Å². The van der Waals surface area contributed by atoms with Crippen LogP contribution in [-0.4, -0.2) is 60.3 Å². The first-order chi connectivity index (χ1) is 14.1. The highest BCUT2D eigenvalue weighted by molar-refractivity contribution is 5.62. The van der Waals surface area contributed by atoms with Crippen LogP contribution >= 0.6 is 0 Å². The Hall–Kier alpha value is -4.09. The van der Waals surface area contributed by atoms with Crippen molar-refractivity contribution in [1.29, 1.82) is 0 Å². The van der Waals surface area contributed by atoms with Gasteiger partial charge in [-0.05, 0) is 24.3 Å². The molecule has 0 saturated carbocycles. The SMILES string of the molecule is O=c1c([N+](=O)[O-])c(N2CCN(c3ccc4nncn4n3)CC2)nc2ccccn12. The van der Waals surface area contributed by atoms with Gasteiger partial charge in [0, 0.05) is 32.4 Å². The first-order valence-electron chi connectivity index (χ1n) is 8.94. The highest BCUT2D eigenvalue weighted by Crippen LogP contribution is 2.25. The number of aromatic nitrogens is 6. The van der Waals surface area contributed by atoms with E-state index < -0.39 is 16.2 Å². The molecule has 0 amide bonds. The Bertz CT molecular complexity index is 1290. The summed E-state index contributed by atoms with van der Waals surface area (Å²) in [6.07, 6.45) is 3.01. The number of piperazine rings is 1. The Kier molecular flexibility index (Phi) is 3.82. The van der Waals surface area contributed by atoms with E-state index in [1.807, 2.05) is 12.1 Å². The molecule has 4 aromatic heterocycles. The molecule has 0 atom stereocenters. The zero-order valence-corrected chi connectivity index (χ0v) is 15.1. The number of fused-ring (bicyclic) bond motifs is 2. The minimum absolute atomic E-state index is 0.105. The summed E-state index contributed by atoms with van der Waals surface area (Å²) in [5.74, 6) is 0.867. The highest BCUT2D eigenvalue weighted by atomic mass is 16.6. The minimum atomic E-state index is -0.683. The molecule has 1 saturated heterocycles. The number of rotatable bonds is 3. The molecule has 4 aromatic rings. The summed E-state index contributed by atoms with van der Waals surface area (Å²) in [5, 5.41) is 23.8. The van der Waals surface area contributed by atoms with Crippen molar-refractivity contribution in [3.8, 4) is 0 Å². The fraction of sp³-hybridized carbons (Fsp3) is 0.235. The lowest BCUT2D eigenvalue weighted by molar-refractivity contribution is -0.385. The zero-order valence-electron chi connectivity index (χ0n) is 15.1. The van der Waals surface area contributed by atoms with Crippen molar-refractivity contribution in [2.75, 3.05) is 36.0 Å². The lowest BCUT2D eigenvalue weighted by Gasteiger charge is -2.35. The van der Waals surface area contributed by atoms with Gasteiger partial charge in [-0.1, -0.05) is 6.07 Å². The van der Waals surface area contributed by atoms with E-state index in [9.17, 15) is 14.9 Å². The number of hydrogen-bond acceptors (Lipinski definition) is 9. The van der Waals surface area contributed by atoms with E-state index >= 15 is 0 Å². The zero-order chi connectivity index (χ0) is 20.0. The third-order valence-electron chi connectivity index (χ3n) is 4.93. The Morgan fingerprint density at radius 1 is 1.00 bits per heavy atom. The van der Waals surface area contributed by atoms with Gasteiger partial charge in [0.1, 0.15) is 17.8 Å². The molecule has 12 nitrogen and oxygen atoms in total.